The number of likely N-dealkylation sites (tertiary alicyclic amines) is 1. The van der Waals surface area contributed by atoms with E-state index >= 15 is 0 Å². The molecule has 0 bridgehead atoms. The van der Waals surface area contributed by atoms with Crippen LogP contribution in [-0.2, 0) is 43.2 Å². The molecule has 17 N–H and O–H groups in total. The number of carboxylic acid groups (broad SMARTS) is 1. The number of aliphatic hydroxyl groups is 1. The average Bonchev–Trinajstić information content (AvgIpc) is 3.72. The summed E-state index contributed by atoms with van der Waals surface area (Å²) in [5, 5.41) is 37.1. The third-order valence-corrected chi connectivity index (χ3v) is 10.3. The summed E-state index contributed by atoms with van der Waals surface area (Å²) < 4.78 is 0. The van der Waals surface area contributed by atoms with Gasteiger partial charge in [-0.1, -0.05) is 34.1 Å². The summed E-state index contributed by atoms with van der Waals surface area (Å²) in [6.45, 7) is 10.8. The highest BCUT2D eigenvalue weighted by molar-refractivity contribution is 5.98. The van der Waals surface area contributed by atoms with Crippen LogP contribution in [0, 0.1) is 11.8 Å². The van der Waals surface area contributed by atoms with Crippen LogP contribution >= 0.6 is 0 Å². The number of unbranched alkanes of at least 4 members (excludes halogenated alkanes) is 1. The minimum Gasteiger partial charge on any atom is -0.480 e. The molecule has 0 aromatic rings. The van der Waals surface area contributed by atoms with E-state index in [2.05, 4.69) is 42.2 Å². The zero-order valence-electron chi connectivity index (χ0n) is 38.1. The predicted octanol–water partition coefficient (Wildman–Crippen LogP) is -4.28. The number of rotatable bonds is 28. The molecule has 24 nitrogen and oxygen atoms in total. The van der Waals surface area contributed by atoms with Crippen LogP contribution in [0.25, 0.3) is 0 Å². The number of aliphatic imine (C=N–C) groups is 1. The first-order chi connectivity index (χ1) is 29.9. The Labute approximate surface area is 374 Å². The van der Waals surface area contributed by atoms with Gasteiger partial charge in [-0.25, -0.2) is 4.79 Å². The second-order valence-electron chi connectivity index (χ2n) is 16.8. The highest BCUT2D eigenvalue weighted by Gasteiger charge is 2.38. The molecule has 8 amide bonds. The third-order valence-electron chi connectivity index (χ3n) is 10.3. The predicted molar refractivity (Wildman–Crippen MR) is 235 cm³/mol. The lowest BCUT2D eigenvalue weighted by Gasteiger charge is -2.28. The lowest BCUT2D eigenvalue weighted by molar-refractivity contribution is -0.149. The Balaban J connectivity index is 3.04. The van der Waals surface area contributed by atoms with Crippen molar-refractivity contribution in [3.63, 3.8) is 0 Å². The van der Waals surface area contributed by atoms with Gasteiger partial charge in [0.2, 0.25) is 47.3 Å². The number of guanidine groups is 1. The van der Waals surface area contributed by atoms with Gasteiger partial charge in [0, 0.05) is 13.1 Å². The maximum Gasteiger partial charge on any atom is 0.326 e. The Bertz CT molecular complexity index is 1640. The standard InChI is InChI=1S/C40H73N13O11/c1-20(2)18-27(50-33(57)25(42)12-8-9-15-41)35(59)47-22(5)31(55)51-28(19-54)36(60)49-26(13-10-16-45-40(43)44)34(58)46-23(6)32(56)52-30(21(3)4)37(61)48-24(7)38(62)53-17-11-14-29(53)39(63)64/h20-30,54H,8-19,41-42H2,1-7H3,(H,46,58)(H,47,59)(H,48,61)(H,49,60)(H,50,57)(H,51,55)(H,52,56)(H,63,64)(H4,43,44,45)/t22-,23-,24-,25-,26-,27-,28-,29-,30-/m0/s1. The van der Waals surface area contributed by atoms with Crippen LogP contribution in [0.1, 0.15) is 99.8 Å². The molecule has 1 saturated heterocycles. The molecule has 0 spiro atoms. The molecular weight excluding hydrogens is 839 g/mol. The first-order valence-electron chi connectivity index (χ1n) is 21.7. The smallest absolute Gasteiger partial charge is 0.326 e. The Hall–Kier alpha value is -5.62. The monoisotopic (exact) mass is 912 g/mol. The Kier molecular flexibility index (Phi) is 24.9. The number of hydrogen-bond acceptors (Lipinski definition) is 13. The van der Waals surface area contributed by atoms with Crippen LogP contribution in [-0.4, -0.2) is 155 Å². The van der Waals surface area contributed by atoms with Gasteiger partial charge in [0.25, 0.3) is 0 Å². The minimum absolute atomic E-state index is 0.0360. The van der Waals surface area contributed by atoms with Gasteiger partial charge in [0.15, 0.2) is 5.96 Å². The molecule has 0 saturated carbocycles. The van der Waals surface area contributed by atoms with Crippen molar-refractivity contribution in [2.24, 2.45) is 39.8 Å². The number of nitrogens with zero attached hydrogens (tertiary/aromatic N) is 2. The number of carbonyl (C=O) groups excluding carboxylic acids is 8. The van der Waals surface area contributed by atoms with Crippen molar-refractivity contribution < 1.29 is 53.4 Å². The highest BCUT2D eigenvalue weighted by atomic mass is 16.4. The van der Waals surface area contributed by atoms with E-state index in [-0.39, 0.29) is 50.7 Å². The first-order valence-corrected chi connectivity index (χ1v) is 21.7. The van der Waals surface area contributed by atoms with Crippen LogP contribution in [0.5, 0.6) is 0 Å². The van der Waals surface area contributed by atoms with Crippen LogP contribution in [0.2, 0.25) is 0 Å². The van der Waals surface area contributed by atoms with E-state index in [1.807, 2.05) is 13.8 Å². The summed E-state index contributed by atoms with van der Waals surface area (Å²) in [6.07, 6.45) is 2.73. The third kappa shape index (κ3) is 19.4. The van der Waals surface area contributed by atoms with Gasteiger partial charge in [-0.05, 0) is 84.1 Å². The molecular formula is C40H73N13O11. The maximum atomic E-state index is 13.6. The van der Waals surface area contributed by atoms with Gasteiger partial charge < -0.3 is 75.3 Å². The molecule has 0 aromatic heterocycles. The fourth-order valence-electron chi connectivity index (χ4n) is 6.63. The molecule has 0 aromatic carbocycles. The molecule has 1 aliphatic rings. The second-order valence-corrected chi connectivity index (χ2v) is 16.8. The molecule has 9 atom stereocenters. The van der Waals surface area contributed by atoms with Crippen molar-refractivity contribution in [2.75, 3.05) is 26.2 Å². The molecule has 1 aliphatic heterocycles. The number of carboxylic acids is 1. The molecule has 364 valence electrons. The van der Waals surface area contributed by atoms with E-state index in [4.69, 9.17) is 22.9 Å². The van der Waals surface area contributed by atoms with Crippen molar-refractivity contribution in [3.05, 3.63) is 0 Å². The number of nitrogens with one attached hydrogen (secondary N) is 7. The van der Waals surface area contributed by atoms with Crippen molar-refractivity contribution in [1.82, 2.24) is 42.1 Å². The van der Waals surface area contributed by atoms with Gasteiger partial charge in [0.1, 0.15) is 48.3 Å². The molecule has 1 rings (SSSR count). The van der Waals surface area contributed by atoms with Gasteiger partial charge in [-0.2, -0.15) is 0 Å². The SMILES string of the molecule is CC(C)C[C@H](NC(=O)[C@@H](N)CCCCN)C(=O)N[C@@H](C)C(=O)N[C@@H](CO)C(=O)N[C@@H](CCCN=C(N)N)C(=O)N[C@@H](C)C(=O)N[C@H](C(=O)N[C@@H](C)C(=O)N1CCC[C@H]1C(=O)O)C(C)C. The zero-order chi connectivity index (χ0) is 48.8. The van der Waals surface area contributed by atoms with Crippen LogP contribution in [0.3, 0.4) is 0 Å². The van der Waals surface area contributed by atoms with E-state index in [1.54, 1.807) is 13.8 Å². The van der Waals surface area contributed by atoms with Gasteiger partial charge in [-0.3, -0.25) is 43.3 Å². The Morgan fingerprint density at radius 3 is 1.72 bits per heavy atom. The molecule has 24 heteroatoms. The summed E-state index contributed by atoms with van der Waals surface area (Å²) in [5.41, 5.74) is 22.3. The van der Waals surface area contributed by atoms with Crippen LogP contribution < -0.4 is 60.2 Å². The fraction of sp³-hybridized carbons (Fsp3) is 0.750. The minimum atomic E-state index is -1.61. The summed E-state index contributed by atoms with van der Waals surface area (Å²) in [5.74, 6) is -7.97. The van der Waals surface area contributed by atoms with E-state index in [0.717, 1.165) is 0 Å². The topological polar surface area (TPSA) is 398 Å². The zero-order valence-corrected chi connectivity index (χ0v) is 38.1. The summed E-state index contributed by atoms with van der Waals surface area (Å²) in [7, 11) is 0. The van der Waals surface area contributed by atoms with E-state index in [1.165, 1.54) is 25.7 Å². The summed E-state index contributed by atoms with van der Waals surface area (Å²) >= 11 is 0. The van der Waals surface area contributed by atoms with E-state index in [0.29, 0.717) is 32.2 Å². The first kappa shape index (κ1) is 56.4. The highest BCUT2D eigenvalue weighted by Crippen LogP contribution is 2.19. The van der Waals surface area contributed by atoms with E-state index in [9.17, 15) is 53.4 Å². The van der Waals surface area contributed by atoms with Crippen molar-refractivity contribution in [2.45, 2.75) is 154 Å². The molecule has 64 heavy (non-hydrogen) atoms. The normalized spacial score (nSPS) is 17.3. The number of nitrogens with two attached hydrogens (primary N) is 4. The maximum absolute atomic E-state index is 13.6. The number of hydrogen-bond donors (Lipinski definition) is 13. The van der Waals surface area contributed by atoms with Gasteiger partial charge >= 0.3 is 5.97 Å². The molecule has 0 aliphatic carbocycles. The lowest BCUT2D eigenvalue weighted by Crippen LogP contribution is -2.60. The Morgan fingerprint density at radius 1 is 0.656 bits per heavy atom. The quantitative estimate of drug-likeness (QED) is 0.0201. The molecule has 1 fully saturated rings. The van der Waals surface area contributed by atoms with Crippen molar-refractivity contribution in [3.8, 4) is 0 Å². The summed E-state index contributed by atoms with van der Waals surface area (Å²) in [4.78, 5) is 123. The average molecular weight is 912 g/mol. The number of amides is 8. The summed E-state index contributed by atoms with van der Waals surface area (Å²) in [6, 6.07) is -10.7. The van der Waals surface area contributed by atoms with Crippen molar-refractivity contribution in [1.29, 1.82) is 0 Å². The van der Waals surface area contributed by atoms with Crippen molar-refractivity contribution >= 4 is 59.2 Å². The Morgan fingerprint density at radius 2 is 1.19 bits per heavy atom. The fourth-order valence-corrected chi connectivity index (χ4v) is 6.63. The second kappa shape index (κ2) is 28.2. The number of aliphatic carboxylic acids is 1. The van der Waals surface area contributed by atoms with Gasteiger partial charge in [0.05, 0.1) is 12.6 Å². The molecule has 0 unspecified atom stereocenters. The number of carbonyl (C=O) groups is 9. The van der Waals surface area contributed by atoms with E-state index < -0.39 is 120 Å². The number of aliphatic hydroxyl groups excluding tert-OH is 1. The van der Waals surface area contributed by atoms with Gasteiger partial charge in [-0.15, -0.1) is 0 Å². The lowest BCUT2D eigenvalue weighted by atomic mass is 10.0. The van der Waals surface area contributed by atoms with Crippen LogP contribution in [0.15, 0.2) is 4.99 Å². The molecule has 0 radical (unpaired) electrons. The largest absolute Gasteiger partial charge is 0.480 e. The van der Waals surface area contributed by atoms with Crippen LogP contribution in [0.4, 0.5) is 0 Å². The molecule has 1 heterocycles.